The van der Waals surface area contributed by atoms with Crippen LogP contribution in [0.1, 0.15) is 31.9 Å². The summed E-state index contributed by atoms with van der Waals surface area (Å²) in [5.74, 6) is 0.600. The molecule has 0 saturated carbocycles. The zero-order valence-electron chi connectivity index (χ0n) is 10.6. The summed E-state index contributed by atoms with van der Waals surface area (Å²) in [5.41, 5.74) is 2.49. The third-order valence-corrected chi connectivity index (χ3v) is 2.97. The van der Waals surface area contributed by atoms with E-state index in [0.717, 1.165) is 19.6 Å². The molecule has 2 unspecified atom stereocenters. The van der Waals surface area contributed by atoms with Crippen LogP contribution in [0.2, 0.25) is 0 Å². The maximum Gasteiger partial charge on any atom is 0.0877 e. The molecule has 17 heavy (non-hydrogen) atoms. The van der Waals surface area contributed by atoms with Crippen molar-refractivity contribution in [2.45, 2.75) is 26.4 Å². The van der Waals surface area contributed by atoms with Gasteiger partial charge in [-0.1, -0.05) is 30.3 Å². The van der Waals surface area contributed by atoms with Gasteiger partial charge < -0.3 is 9.47 Å². The van der Waals surface area contributed by atoms with Crippen LogP contribution < -0.4 is 0 Å². The molecule has 0 N–H and O–H groups in total. The van der Waals surface area contributed by atoms with Crippen LogP contribution in [0.25, 0.3) is 0 Å². The Bertz CT molecular complexity index is 366. The summed E-state index contributed by atoms with van der Waals surface area (Å²) < 4.78 is 11.1. The average molecular weight is 232 g/mol. The molecule has 1 heterocycles. The minimum absolute atomic E-state index is 0.270. The summed E-state index contributed by atoms with van der Waals surface area (Å²) in [4.78, 5) is 0. The van der Waals surface area contributed by atoms with E-state index in [2.05, 4.69) is 24.3 Å². The zero-order chi connectivity index (χ0) is 12.1. The molecular formula is C15H20O2. The molecule has 0 aromatic heterocycles. The molecule has 0 radical (unpaired) electrons. The number of benzene rings is 1. The molecule has 1 aliphatic rings. The molecule has 1 aromatic rings. The molecule has 0 spiro atoms. The second-order valence-corrected chi connectivity index (χ2v) is 4.78. The smallest absolute Gasteiger partial charge is 0.0877 e. The molecule has 1 saturated heterocycles. The maximum atomic E-state index is 5.64. The van der Waals surface area contributed by atoms with Crippen molar-refractivity contribution >= 4 is 0 Å². The molecule has 1 aliphatic heterocycles. The minimum Gasteiger partial charge on any atom is -0.501 e. The first-order chi connectivity index (χ1) is 8.27. The highest BCUT2D eigenvalue weighted by atomic mass is 16.5. The Balaban J connectivity index is 1.78. The first-order valence-electron chi connectivity index (χ1n) is 6.19. The van der Waals surface area contributed by atoms with Crippen molar-refractivity contribution in [3.05, 3.63) is 47.7 Å². The molecule has 0 bridgehead atoms. The van der Waals surface area contributed by atoms with E-state index in [-0.39, 0.29) is 6.10 Å². The maximum absolute atomic E-state index is 5.64. The SMILES string of the molecule is CC(C)=COCCC1COC1c1ccccc1. The highest BCUT2D eigenvalue weighted by Gasteiger charge is 2.32. The first-order valence-corrected chi connectivity index (χ1v) is 6.19. The van der Waals surface area contributed by atoms with Gasteiger partial charge in [0.25, 0.3) is 0 Å². The lowest BCUT2D eigenvalue weighted by atomic mass is 9.89. The van der Waals surface area contributed by atoms with Gasteiger partial charge in [0, 0.05) is 5.92 Å². The van der Waals surface area contributed by atoms with Gasteiger partial charge >= 0.3 is 0 Å². The van der Waals surface area contributed by atoms with E-state index in [0.29, 0.717) is 5.92 Å². The summed E-state index contributed by atoms with van der Waals surface area (Å²) in [5, 5.41) is 0. The lowest BCUT2D eigenvalue weighted by molar-refractivity contribution is -0.124. The summed E-state index contributed by atoms with van der Waals surface area (Å²) in [7, 11) is 0. The quantitative estimate of drug-likeness (QED) is 0.569. The van der Waals surface area contributed by atoms with Crippen molar-refractivity contribution in [3.8, 4) is 0 Å². The second kappa shape index (κ2) is 5.87. The van der Waals surface area contributed by atoms with E-state index in [1.165, 1.54) is 11.1 Å². The Morgan fingerprint density at radius 3 is 2.71 bits per heavy atom. The van der Waals surface area contributed by atoms with E-state index < -0.39 is 0 Å². The van der Waals surface area contributed by atoms with Gasteiger partial charge in [0.2, 0.25) is 0 Å². The average Bonchev–Trinajstić information content (AvgIpc) is 2.28. The Morgan fingerprint density at radius 1 is 1.35 bits per heavy atom. The van der Waals surface area contributed by atoms with E-state index in [1.54, 1.807) is 0 Å². The van der Waals surface area contributed by atoms with Crippen LogP contribution in [0.5, 0.6) is 0 Å². The summed E-state index contributed by atoms with van der Waals surface area (Å²) in [6.45, 7) is 5.72. The Hall–Kier alpha value is -1.28. The number of allylic oxidation sites excluding steroid dienone is 1. The van der Waals surface area contributed by atoms with Crippen molar-refractivity contribution in [2.75, 3.05) is 13.2 Å². The van der Waals surface area contributed by atoms with E-state index >= 15 is 0 Å². The van der Waals surface area contributed by atoms with Crippen molar-refractivity contribution in [1.82, 2.24) is 0 Å². The Morgan fingerprint density at radius 2 is 2.12 bits per heavy atom. The second-order valence-electron chi connectivity index (χ2n) is 4.78. The van der Waals surface area contributed by atoms with Gasteiger partial charge in [-0.2, -0.15) is 0 Å². The van der Waals surface area contributed by atoms with Gasteiger partial charge in [0.05, 0.1) is 25.6 Å². The summed E-state index contributed by atoms with van der Waals surface area (Å²) in [6, 6.07) is 10.4. The van der Waals surface area contributed by atoms with Gasteiger partial charge in [-0.25, -0.2) is 0 Å². The molecule has 2 atom stereocenters. The zero-order valence-corrected chi connectivity index (χ0v) is 10.6. The third kappa shape index (κ3) is 3.34. The molecule has 2 rings (SSSR count). The highest BCUT2D eigenvalue weighted by molar-refractivity contribution is 5.19. The van der Waals surface area contributed by atoms with Gasteiger partial charge in [0.15, 0.2) is 0 Å². The fraction of sp³-hybridized carbons (Fsp3) is 0.467. The van der Waals surface area contributed by atoms with Gasteiger partial charge in [-0.3, -0.25) is 0 Å². The van der Waals surface area contributed by atoms with Crippen LogP contribution in [0, 0.1) is 5.92 Å². The number of hydrogen-bond acceptors (Lipinski definition) is 2. The number of ether oxygens (including phenoxy) is 2. The molecule has 2 nitrogen and oxygen atoms in total. The molecule has 1 fully saturated rings. The van der Waals surface area contributed by atoms with E-state index in [4.69, 9.17) is 9.47 Å². The standard InChI is InChI=1S/C15H20O2/c1-12(2)10-16-9-8-14-11-17-15(14)13-6-4-3-5-7-13/h3-7,10,14-15H,8-9,11H2,1-2H3. The van der Waals surface area contributed by atoms with Crippen LogP contribution in [0.3, 0.4) is 0 Å². The fourth-order valence-corrected chi connectivity index (χ4v) is 2.02. The summed E-state index contributed by atoms with van der Waals surface area (Å²) in [6.07, 6.45) is 3.16. The fourth-order valence-electron chi connectivity index (χ4n) is 2.02. The number of rotatable bonds is 5. The largest absolute Gasteiger partial charge is 0.501 e. The Kier molecular flexibility index (Phi) is 4.21. The summed E-state index contributed by atoms with van der Waals surface area (Å²) >= 11 is 0. The van der Waals surface area contributed by atoms with Gasteiger partial charge in [0.1, 0.15) is 0 Å². The lowest BCUT2D eigenvalue weighted by Gasteiger charge is -2.37. The Labute approximate surface area is 103 Å². The molecule has 1 aromatic carbocycles. The van der Waals surface area contributed by atoms with Crippen molar-refractivity contribution in [2.24, 2.45) is 5.92 Å². The first kappa shape index (κ1) is 12.2. The highest BCUT2D eigenvalue weighted by Crippen LogP contribution is 2.37. The molecular weight excluding hydrogens is 212 g/mol. The normalized spacial score (nSPS) is 22.7. The van der Waals surface area contributed by atoms with Crippen LogP contribution in [-0.4, -0.2) is 13.2 Å². The molecule has 0 amide bonds. The third-order valence-electron chi connectivity index (χ3n) is 2.97. The van der Waals surface area contributed by atoms with E-state index in [9.17, 15) is 0 Å². The van der Waals surface area contributed by atoms with Crippen LogP contribution in [0.15, 0.2) is 42.2 Å². The van der Waals surface area contributed by atoms with Crippen molar-refractivity contribution in [1.29, 1.82) is 0 Å². The predicted molar refractivity (Wildman–Crippen MR) is 68.6 cm³/mol. The van der Waals surface area contributed by atoms with Crippen LogP contribution >= 0.6 is 0 Å². The van der Waals surface area contributed by atoms with E-state index in [1.807, 2.05) is 26.2 Å². The molecule has 2 heteroatoms. The van der Waals surface area contributed by atoms with Crippen LogP contribution in [-0.2, 0) is 9.47 Å². The topological polar surface area (TPSA) is 18.5 Å². The predicted octanol–water partition coefficient (Wildman–Crippen LogP) is 3.70. The number of hydrogen-bond donors (Lipinski definition) is 0. The molecule has 0 aliphatic carbocycles. The van der Waals surface area contributed by atoms with Crippen molar-refractivity contribution < 1.29 is 9.47 Å². The molecule has 92 valence electrons. The van der Waals surface area contributed by atoms with Gasteiger partial charge in [-0.15, -0.1) is 0 Å². The lowest BCUT2D eigenvalue weighted by Crippen LogP contribution is -2.33. The van der Waals surface area contributed by atoms with Crippen LogP contribution in [0.4, 0.5) is 0 Å². The van der Waals surface area contributed by atoms with Crippen molar-refractivity contribution in [3.63, 3.8) is 0 Å². The monoisotopic (exact) mass is 232 g/mol. The minimum atomic E-state index is 0.270. The van der Waals surface area contributed by atoms with Gasteiger partial charge in [-0.05, 0) is 31.4 Å².